The van der Waals surface area contributed by atoms with Gasteiger partial charge in [-0.1, -0.05) is 0 Å². The van der Waals surface area contributed by atoms with E-state index in [0.717, 1.165) is 37.4 Å². The highest BCUT2D eigenvalue weighted by Gasteiger charge is 2.12. The third-order valence-corrected chi connectivity index (χ3v) is 3.69. The van der Waals surface area contributed by atoms with E-state index in [1.54, 1.807) is 12.3 Å². The Kier molecular flexibility index (Phi) is 3.18. The Morgan fingerprint density at radius 2 is 2.00 bits per heavy atom. The Hall–Kier alpha value is -1.20. The Morgan fingerprint density at radius 3 is 2.78 bits per heavy atom. The fraction of sp³-hybridized carbons (Fsp3) is 0.308. The van der Waals surface area contributed by atoms with Crippen LogP contribution in [0.1, 0.15) is 0 Å². The minimum Gasteiger partial charge on any atom is -0.378 e. The Bertz CT molecular complexity index is 584. The topological polar surface area (TPSA) is 25.4 Å². The second-order valence-electron chi connectivity index (χ2n) is 4.25. The first-order valence-electron chi connectivity index (χ1n) is 5.81. The molecule has 0 atom stereocenters. The molecule has 0 radical (unpaired) electrons. The lowest BCUT2D eigenvalue weighted by molar-refractivity contribution is 0.122. The molecule has 3 nitrogen and oxygen atoms in total. The van der Waals surface area contributed by atoms with Crippen molar-refractivity contribution in [3.63, 3.8) is 0 Å². The van der Waals surface area contributed by atoms with Crippen LogP contribution in [0.5, 0.6) is 0 Å². The van der Waals surface area contributed by atoms with Crippen molar-refractivity contribution >= 4 is 32.5 Å². The number of morpholine rings is 1. The average molecular weight is 311 g/mol. The van der Waals surface area contributed by atoms with E-state index in [1.807, 2.05) is 6.07 Å². The molecule has 0 saturated carbocycles. The van der Waals surface area contributed by atoms with Crippen LogP contribution >= 0.6 is 15.9 Å². The maximum absolute atomic E-state index is 13.4. The van der Waals surface area contributed by atoms with Crippen molar-refractivity contribution in [1.29, 1.82) is 0 Å². The zero-order valence-corrected chi connectivity index (χ0v) is 11.3. The molecule has 1 aliphatic heterocycles. The van der Waals surface area contributed by atoms with Gasteiger partial charge in [0.15, 0.2) is 0 Å². The minimum absolute atomic E-state index is 0.283. The van der Waals surface area contributed by atoms with E-state index in [1.165, 1.54) is 6.07 Å². The lowest BCUT2D eigenvalue weighted by Crippen LogP contribution is -2.36. The monoisotopic (exact) mass is 310 g/mol. The van der Waals surface area contributed by atoms with E-state index in [0.29, 0.717) is 9.99 Å². The number of halogens is 2. The molecule has 0 amide bonds. The Balaban J connectivity index is 2.02. The smallest absolute Gasteiger partial charge is 0.139 e. The zero-order valence-electron chi connectivity index (χ0n) is 9.70. The molecule has 5 heteroatoms. The first-order valence-corrected chi connectivity index (χ1v) is 6.61. The van der Waals surface area contributed by atoms with E-state index in [-0.39, 0.29) is 5.82 Å². The molecule has 0 unspecified atom stereocenters. The summed E-state index contributed by atoms with van der Waals surface area (Å²) in [7, 11) is 0. The van der Waals surface area contributed by atoms with Gasteiger partial charge in [0, 0.05) is 24.5 Å². The highest BCUT2D eigenvalue weighted by atomic mass is 79.9. The maximum Gasteiger partial charge on any atom is 0.139 e. The zero-order chi connectivity index (χ0) is 12.5. The molecule has 2 heterocycles. The van der Waals surface area contributed by atoms with Crippen LogP contribution < -0.4 is 4.90 Å². The molecular formula is C13H12BrFN2O. The summed E-state index contributed by atoms with van der Waals surface area (Å²) in [6.45, 7) is 3.22. The van der Waals surface area contributed by atoms with E-state index in [2.05, 4.69) is 25.8 Å². The summed E-state index contributed by atoms with van der Waals surface area (Å²) in [5.41, 5.74) is 1.73. The molecule has 0 N–H and O–H groups in total. The number of hydrogen-bond donors (Lipinski definition) is 0. The van der Waals surface area contributed by atoms with Crippen LogP contribution in [-0.2, 0) is 4.74 Å². The standard InChI is InChI=1S/C13H12BrFN2O/c14-11-6-9-5-10(17-1-3-18-4-2-17)8-16-13(9)7-12(11)15/h5-8H,1-4H2. The predicted molar refractivity (Wildman–Crippen MR) is 72.4 cm³/mol. The summed E-state index contributed by atoms with van der Waals surface area (Å²) in [5, 5.41) is 0.937. The summed E-state index contributed by atoms with van der Waals surface area (Å²) in [5.74, 6) is -0.283. The van der Waals surface area contributed by atoms with Crippen molar-refractivity contribution in [2.75, 3.05) is 31.2 Å². The third kappa shape index (κ3) is 2.20. The Labute approximate surface area is 113 Å². The van der Waals surface area contributed by atoms with E-state index >= 15 is 0 Å². The quantitative estimate of drug-likeness (QED) is 0.809. The van der Waals surface area contributed by atoms with E-state index in [4.69, 9.17) is 4.74 Å². The van der Waals surface area contributed by atoms with Crippen molar-refractivity contribution in [2.45, 2.75) is 0 Å². The van der Waals surface area contributed by atoms with Gasteiger partial charge in [0.05, 0.1) is 35.1 Å². The molecule has 18 heavy (non-hydrogen) atoms. The molecular weight excluding hydrogens is 299 g/mol. The van der Waals surface area contributed by atoms with Gasteiger partial charge in [-0.05, 0) is 28.1 Å². The van der Waals surface area contributed by atoms with Crippen LogP contribution in [0.15, 0.2) is 28.9 Å². The summed E-state index contributed by atoms with van der Waals surface area (Å²) in [4.78, 5) is 6.54. The Morgan fingerprint density at radius 1 is 1.22 bits per heavy atom. The van der Waals surface area contributed by atoms with Crippen molar-refractivity contribution < 1.29 is 9.13 Å². The van der Waals surface area contributed by atoms with Gasteiger partial charge in [-0.3, -0.25) is 4.98 Å². The van der Waals surface area contributed by atoms with Gasteiger partial charge in [0.2, 0.25) is 0 Å². The SMILES string of the molecule is Fc1cc2ncc(N3CCOCC3)cc2cc1Br. The van der Waals surface area contributed by atoms with Crippen molar-refractivity contribution in [3.05, 3.63) is 34.7 Å². The normalized spacial score (nSPS) is 16.2. The number of anilines is 1. The molecule has 1 aromatic carbocycles. The number of rotatable bonds is 1. The van der Waals surface area contributed by atoms with Gasteiger partial charge in [-0.15, -0.1) is 0 Å². The molecule has 1 saturated heterocycles. The fourth-order valence-corrected chi connectivity index (χ4v) is 2.47. The first-order chi connectivity index (χ1) is 8.74. The fourth-order valence-electron chi connectivity index (χ4n) is 2.11. The van der Waals surface area contributed by atoms with Crippen LogP contribution in [0.3, 0.4) is 0 Å². The molecule has 94 valence electrons. The minimum atomic E-state index is -0.283. The highest BCUT2D eigenvalue weighted by Crippen LogP contribution is 2.25. The van der Waals surface area contributed by atoms with Gasteiger partial charge in [0.25, 0.3) is 0 Å². The highest BCUT2D eigenvalue weighted by molar-refractivity contribution is 9.10. The number of aromatic nitrogens is 1. The van der Waals surface area contributed by atoms with Crippen molar-refractivity contribution in [1.82, 2.24) is 4.98 Å². The second kappa shape index (κ2) is 4.82. The third-order valence-electron chi connectivity index (χ3n) is 3.09. The average Bonchev–Trinajstić information content (AvgIpc) is 2.41. The van der Waals surface area contributed by atoms with Crippen LogP contribution in [0.4, 0.5) is 10.1 Å². The number of fused-ring (bicyclic) bond motifs is 1. The predicted octanol–water partition coefficient (Wildman–Crippen LogP) is 2.97. The molecule has 1 aliphatic rings. The van der Waals surface area contributed by atoms with Gasteiger partial charge >= 0.3 is 0 Å². The largest absolute Gasteiger partial charge is 0.378 e. The molecule has 3 rings (SSSR count). The lowest BCUT2D eigenvalue weighted by atomic mass is 10.2. The molecule has 0 spiro atoms. The summed E-state index contributed by atoms with van der Waals surface area (Å²) in [6.07, 6.45) is 1.79. The van der Waals surface area contributed by atoms with Crippen LogP contribution in [0.2, 0.25) is 0 Å². The number of pyridine rings is 1. The van der Waals surface area contributed by atoms with E-state index in [9.17, 15) is 4.39 Å². The summed E-state index contributed by atoms with van der Waals surface area (Å²) < 4.78 is 19.2. The van der Waals surface area contributed by atoms with E-state index < -0.39 is 0 Å². The van der Waals surface area contributed by atoms with Crippen LogP contribution in [0, 0.1) is 5.82 Å². The molecule has 0 bridgehead atoms. The number of nitrogens with zero attached hydrogens (tertiary/aromatic N) is 2. The molecule has 0 aliphatic carbocycles. The molecule has 1 aromatic heterocycles. The van der Waals surface area contributed by atoms with Crippen molar-refractivity contribution in [2.24, 2.45) is 0 Å². The summed E-state index contributed by atoms with van der Waals surface area (Å²) in [6, 6.07) is 5.25. The first kappa shape index (κ1) is 11.9. The van der Waals surface area contributed by atoms with Crippen LogP contribution in [0.25, 0.3) is 10.9 Å². The van der Waals surface area contributed by atoms with Gasteiger partial charge in [-0.2, -0.15) is 0 Å². The number of hydrogen-bond acceptors (Lipinski definition) is 3. The van der Waals surface area contributed by atoms with Gasteiger partial charge in [-0.25, -0.2) is 4.39 Å². The second-order valence-corrected chi connectivity index (χ2v) is 5.11. The molecule has 1 fully saturated rings. The summed E-state index contributed by atoms with van der Waals surface area (Å²) >= 11 is 3.20. The number of ether oxygens (including phenoxy) is 1. The maximum atomic E-state index is 13.4. The molecule has 2 aromatic rings. The van der Waals surface area contributed by atoms with Gasteiger partial charge in [0.1, 0.15) is 5.82 Å². The number of benzene rings is 1. The van der Waals surface area contributed by atoms with Gasteiger partial charge < -0.3 is 9.64 Å². The lowest BCUT2D eigenvalue weighted by Gasteiger charge is -2.28. The van der Waals surface area contributed by atoms with Crippen molar-refractivity contribution in [3.8, 4) is 0 Å². The van der Waals surface area contributed by atoms with Crippen LogP contribution in [-0.4, -0.2) is 31.3 Å².